The molecule has 1 aliphatic rings. The quantitative estimate of drug-likeness (QED) is 0.938. The first-order valence-corrected chi connectivity index (χ1v) is 8.55. The molecule has 4 nitrogen and oxygen atoms in total. The molecule has 1 aliphatic heterocycles. The first kappa shape index (κ1) is 15.2. The molecule has 2 aromatic rings. The van der Waals surface area contributed by atoms with Gasteiger partial charge in [0.05, 0.1) is 11.7 Å². The van der Waals surface area contributed by atoms with Crippen molar-refractivity contribution in [1.82, 2.24) is 9.88 Å². The number of aryl methyl sites for hydroxylation is 1. The highest BCUT2D eigenvalue weighted by atomic mass is 32.1. The van der Waals surface area contributed by atoms with Gasteiger partial charge in [-0.2, -0.15) is 11.3 Å². The van der Waals surface area contributed by atoms with E-state index in [2.05, 4.69) is 21.3 Å². The summed E-state index contributed by atoms with van der Waals surface area (Å²) < 4.78 is 0. The van der Waals surface area contributed by atoms with E-state index >= 15 is 0 Å². The van der Waals surface area contributed by atoms with Crippen molar-refractivity contribution in [2.75, 3.05) is 6.54 Å². The lowest BCUT2D eigenvalue weighted by Gasteiger charge is -2.38. The number of carbonyl (C=O) groups is 1. The van der Waals surface area contributed by atoms with Crippen molar-refractivity contribution < 1.29 is 9.90 Å². The predicted octanol–water partition coefficient (Wildman–Crippen LogP) is 3.48. The highest BCUT2D eigenvalue weighted by molar-refractivity contribution is 7.08. The summed E-state index contributed by atoms with van der Waals surface area (Å²) in [5, 5.41) is 13.7. The van der Waals surface area contributed by atoms with Crippen LogP contribution in [-0.4, -0.2) is 33.5 Å². The van der Waals surface area contributed by atoms with Crippen LogP contribution in [-0.2, 0) is 4.79 Å². The smallest absolute Gasteiger partial charge is 0.320 e. The molecule has 3 rings (SSSR count). The number of thiophene rings is 1. The van der Waals surface area contributed by atoms with Crippen LogP contribution in [0.25, 0.3) is 0 Å². The molecule has 1 N–H and O–H groups in total. The van der Waals surface area contributed by atoms with Crippen molar-refractivity contribution in [2.24, 2.45) is 0 Å². The van der Waals surface area contributed by atoms with Crippen LogP contribution in [0.5, 0.6) is 0 Å². The molecule has 0 amide bonds. The van der Waals surface area contributed by atoms with Gasteiger partial charge in [-0.25, -0.2) is 0 Å². The molecule has 0 aliphatic carbocycles. The van der Waals surface area contributed by atoms with Crippen molar-refractivity contribution in [2.45, 2.75) is 38.3 Å². The summed E-state index contributed by atoms with van der Waals surface area (Å²) >= 11 is 1.64. The Morgan fingerprint density at radius 2 is 2.27 bits per heavy atom. The van der Waals surface area contributed by atoms with Crippen LogP contribution in [0.2, 0.25) is 0 Å². The Labute approximate surface area is 134 Å². The number of pyridine rings is 1. The molecule has 2 unspecified atom stereocenters. The number of rotatable bonds is 4. The highest BCUT2D eigenvalue weighted by Crippen LogP contribution is 2.34. The number of carboxylic acid groups (broad SMARTS) is 1. The third-order valence-electron chi connectivity index (χ3n) is 4.21. The van der Waals surface area contributed by atoms with Gasteiger partial charge in [-0.3, -0.25) is 14.7 Å². The fraction of sp³-hybridized carbons (Fsp3) is 0.412. The average Bonchev–Trinajstić information content (AvgIpc) is 3.02. The third kappa shape index (κ3) is 3.05. The summed E-state index contributed by atoms with van der Waals surface area (Å²) in [7, 11) is 0. The third-order valence-corrected chi connectivity index (χ3v) is 4.91. The van der Waals surface area contributed by atoms with Gasteiger partial charge >= 0.3 is 5.97 Å². The maximum Gasteiger partial charge on any atom is 0.320 e. The van der Waals surface area contributed by atoms with E-state index in [1.165, 1.54) is 0 Å². The zero-order valence-electron chi connectivity index (χ0n) is 12.6. The van der Waals surface area contributed by atoms with Gasteiger partial charge in [0.25, 0.3) is 0 Å². The highest BCUT2D eigenvalue weighted by Gasteiger charge is 2.35. The van der Waals surface area contributed by atoms with Crippen molar-refractivity contribution in [3.8, 4) is 0 Å². The molecule has 1 fully saturated rings. The first-order valence-electron chi connectivity index (χ1n) is 7.61. The molecule has 0 spiro atoms. The Balaban J connectivity index is 2.03. The molecule has 5 heteroatoms. The number of likely N-dealkylation sites (tertiary alicyclic amines) is 1. The van der Waals surface area contributed by atoms with E-state index < -0.39 is 12.0 Å². The Kier molecular flexibility index (Phi) is 4.55. The van der Waals surface area contributed by atoms with Crippen LogP contribution in [0.3, 0.4) is 0 Å². The minimum absolute atomic E-state index is 0.0763. The lowest BCUT2D eigenvalue weighted by molar-refractivity contribution is -0.145. The Bertz CT molecular complexity index is 642. The number of aromatic nitrogens is 1. The molecule has 0 radical (unpaired) electrons. The molecular formula is C17H20N2O2S. The Morgan fingerprint density at radius 3 is 2.95 bits per heavy atom. The zero-order chi connectivity index (χ0) is 15.5. The van der Waals surface area contributed by atoms with Gasteiger partial charge in [-0.15, -0.1) is 0 Å². The van der Waals surface area contributed by atoms with Crippen molar-refractivity contribution in [3.63, 3.8) is 0 Å². The minimum atomic E-state index is -0.729. The van der Waals surface area contributed by atoms with Crippen LogP contribution in [0.4, 0.5) is 0 Å². The monoisotopic (exact) mass is 316 g/mol. The lowest BCUT2D eigenvalue weighted by Crippen LogP contribution is -2.47. The number of hydrogen-bond acceptors (Lipinski definition) is 4. The Hall–Kier alpha value is -1.72. The summed E-state index contributed by atoms with van der Waals surface area (Å²) in [5.74, 6) is -0.729. The summed E-state index contributed by atoms with van der Waals surface area (Å²) in [5.41, 5.74) is 3.03. The number of piperidine rings is 1. The summed E-state index contributed by atoms with van der Waals surface area (Å²) in [6.07, 6.45) is 2.73. The zero-order valence-corrected chi connectivity index (χ0v) is 13.4. The normalized spacial score (nSPS) is 20.7. The number of hydrogen-bond donors (Lipinski definition) is 1. The topological polar surface area (TPSA) is 53.4 Å². The van der Waals surface area contributed by atoms with Gasteiger partial charge in [0, 0.05) is 5.69 Å². The van der Waals surface area contributed by atoms with Crippen LogP contribution in [0.1, 0.15) is 42.3 Å². The maximum atomic E-state index is 11.7. The molecule has 1 saturated heterocycles. The van der Waals surface area contributed by atoms with E-state index in [0.29, 0.717) is 6.42 Å². The molecule has 116 valence electrons. The van der Waals surface area contributed by atoms with E-state index in [9.17, 15) is 9.90 Å². The van der Waals surface area contributed by atoms with Gasteiger partial charge in [0.1, 0.15) is 6.04 Å². The number of nitrogens with zero attached hydrogens (tertiary/aromatic N) is 2. The van der Waals surface area contributed by atoms with Crippen LogP contribution >= 0.6 is 11.3 Å². The molecule has 3 heterocycles. The molecular weight excluding hydrogens is 296 g/mol. The number of aliphatic carboxylic acids is 1. The molecule has 2 atom stereocenters. The van der Waals surface area contributed by atoms with E-state index in [-0.39, 0.29) is 6.04 Å². The fourth-order valence-electron chi connectivity index (χ4n) is 3.21. The SMILES string of the molecule is Cc1cccc(C(c2ccsc2)N2CCCCC2C(=O)O)n1. The van der Waals surface area contributed by atoms with Crippen molar-refractivity contribution in [1.29, 1.82) is 0 Å². The van der Waals surface area contributed by atoms with Gasteiger partial charge in [0.15, 0.2) is 0 Å². The average molecular weight is 316 g/mol. The van der Waals surface area contributed by atoms with Crippen LogP contribution in [0, 0.1) is 6.92 Å². The second kappa shape index (κ2) is 6.58. The van der Waals surface area contributed by atoms with E-state index in [1.807, 2.05) is 30.5 Å². The lowest BCUT2D eigenvalue weighted by atomic mass is 9.95. The molecule has 0 aromatic carbocycles. The van der Waals surface area contributed by atoms with Crippen molar-refractivity contribution >= 4 is 17.3 Å². The van der Waals surface area contributed by atoms with Crippen molar-refractivity contribution in [3.05, 3.63) is 52.0 Å². The van der Waals surface area contributed by atoms with Crippen LogP contribution < -0.4 is 0 Å². The van der Waals surface area contributed by atoms with Gasteiger partial charge in [-0.1, -0.05) is 12.5 Å². The first-order chi connectivity index (χ1) is 10.7. The minimum Gasteiger partial charge on any atom is -0.480 e. The standard InChI is InChI=1S/C17H20N2O2S/c1-12-5-4-6-14(18-12)16(13-8-10-22-11-13)19-9-3-2-7-15(19)17(20)21/h4-6,8,10-11,15-16H,2-3,7,9H2,1H3,(H,20,21). The largest absolute Gasteiger partial charge is 0.480 e. The molecule has 22 heavy (non-hydrogen) atoms. The van der Waals surface area contributed by atoms with Crippen LogP contribution in [0.15, 0.2) is 35.0 Å². The molecule has 0 saturated carbocycles. The van der Waals surface area contributed by atoms with Gasteiger partial charge in [0.2, 0.25) is 0 Å². The molecule has 0 bridgehead atoms. The summed E-state index contributed by atoms with van der Waals surface area (Å²) in [6, 6.07) is 7.54. The second-order valence-electron chi connectivity index (χ2n) is 5.75. The van der Waals surface area contributed by atoms with E-state index in [0.717, 1.165) is 36.3 Å². The number of carboxylic acids is 1. The van der Waals surface area contributed by atoms with Gasteiger partial charge in [-0.05, 0) is 60.8 Å². The Morgan fingerprint density at radius 1 is 1.41 bits per heavy atom. The second-order valence-corrected chi connectivity index (χ2v) is 6.53. The summed E-state index contributed by atoms with van der Waals surface area (Å²) in [4.78, 5) is 18.5. The van der Waals surface area contributed by atoms with E-state index in [4.69, 9.17) is 0 Å². The van der Waals surface area contributed by atoms with E-state index in [1.54, 1.807) is 11.3 Å². The van der Waals surface area contributed by atoms with Gasteiger partial charge < -0.3 is 5.11 Å². The fourth-order valence-corrected chi connectivity index (χ4v) is 3.89. The molecule has 2 aromatic heterocycles. The summed E-state index contributed by atoms with van der Waals surface area (Å²) in [6.45, 7) is 2.77. The maximum absolute atomic E-state index is 11.7. The predicted molar refractivity (Wildman–Crippen MR) is 87.1 cm³/mol.